The van der Waals surface area contributed by atoms with Gasteiger partial charge >= 0.3 is 0 Å². The van der Waals surface area contributed by atoms with Crippen molar-refractivity contribution < 1.29 is 22.0 Å². The Labute approximate surface area is 107 Å². The summed E-state index contributed by atoms with van der Waals surface area (Å²) in [5.74, 6) is -3.79. The Morgan fingerprint density at radius 3 is 2.33 bits per heavy atom. The van der Waals surface area contributed by atoms with Crippen LogP contribution in [-0.2, 0) is 9.05 Å². The number of hydrogen-bond donors (Lipinski definition) is 1. The van der Waals surface area contributed by atoms with Crippen LogP contribution in [0.15, 0.2) is 17.0 Å². The molecule has 0 fully saturated rings. The summed E-state index contributed by atoms with van der Waals surface area (Å²) in [6, 6.07) is 0.804. The van der Waals surface area contributed by atoms with Gasteiger partial charge < -0.3 is 5.32 Å². The van der Waals surface area contributed by atoms with Crippen LogP contribution in [0.1, 0.15) is 24.2 Å². The standard InChI is InChI=1S/C10H10ClF2NO3S/c1-5(2)14-10(15)7-3-6(18(11,16)17)4-8(12)9(7)13/h3-5H,1-2H3,(H,14,15). The molecule has 1 aromatic rings. The minimum atomic E-state index is -4.24. The van der Waals surface area contributed by atoms with Crippen LogP contribution in [0.5, 0.6) is 0 Å². The van der Waals surface area contributed by atoms with Gasteiger partial charge in [0.1, 0.15) is 0 Å². The summed E-state index contributed by atoms with van der Waals surface area (Å²) in [5, 5.41) is 2.32. The maximum Gasteiger partial charge on any atom is 0.261 e. The first-order valence-electron chi connectivity index (χ1n) is 4.87. The van der Waals surface area contributed by atoms with E-state index in [9.17, 15) is 22.0 Å². The second kappa shape index (κ2) is 5.19. The van der Waals surface area contributed by atoms with Gasteiger partial charge in [0.05, 0.1) is 10.5 Å². The zero-order valence-electron chi connectivity index (χ0n) is 9.50. The number of rotatable bonds is 3. The molecule has 8 heteroatoms. The molecule has 1 N–H and O–H groups in total. The molecular weight excluding hydrogens is 288 g/mol. The minimum Gasteiger partial charge on any atom is -0.350 e. The average molecular weight is 298 g/mol. The van der Waals surface area contributed by atoms with E-state index in [1.807, 2.05) is 0 Å². The van der Waals surface area contributed by atoms with E-state index in [2.05, 4.69) is 5.32 Å². The fourth-order valence-corrected chi connectivity index (χ4v) is 1.98. The molecule has 0 bridgehead atoms. The van der Waals surface area contributed by atoms with Gasteiger partial charge in [0, 0.05) is 16.7 Å². The Kier molecular flexibility index (Phi) is 4.28. The summed E-state index contributed by atoms with van der Waals surface area (Å²) in [7, 11) is 0.776. The fourth-order valence-electron chi connectivity index (χ4n) is 1.21. The van der Waals surface area contributed by atoms with E-state index >= 15 is 0 Å². The van der Waals surface area contributed by atoms with Crippen molar-refractivity contribution in [3.63, 3.8) is 0 Å². The molecule has 0 radical (unpaired) electrons. The molecule has 0 unspecified atom stereocenters. The number of halogens is 3. The third-order valence-electron chi connectivity index (χ3n) is 1.95. The lowest BCUT2D eigenvalue weighted by Gasteiger charge is -2.10. The van der Waals surface area contributed by atoms with E-state index in [-0.39, 0.29) is 6.04 Å². The van der Waals surface area contributed by atoms with Gasteiger partial charge in [-0.1, -0.05) is 0 Å². The van der Waals surface area contributed by atoms with Crippen LogP contribution in [0.2, 0.25) is 0 Å². The van der Waals surface area contributed by atoms with Crippen LogP contribution in [0.25, 0.3) is 0 Å². The fraction of sp³-hybridized carbons (Fsp3) is 0.300. The van der Waals surface area contributed by atoms with Gasteiger partial charge in [-0.25, -0.2) is 17.2 Å². The maximum absolute atomic E-state index is 13.4. The van der Waals surface area contributed by atoms with E-state index < -0.39 is 37.1 Å². The first-order valence-corrected chi connectivity index (χ1v) is 7.18. The smallest absolute Gasteiger partial charge is 0.261 e. The highest BCUT2D eigenvalue weighted by Gasteiger charge is 2.22. The Balaban J connectivity index is 3.36. The summed E-state index contributed by atoms with van der Waals surface area (Å²) in [6.07, 6.45) is 0. The van der Waals surface area contributed by atoms with Crippen molar-refractivity contribution in [3.8, 4) is 0 Å². The predicted octanol–water partition coefficient (Wildman–Crippen LogP) is 2.03. The van der Waals surface area contributed by atoms with Crippen LogP contribution in [0, 0.1) is 11.6 Å². The first-order chi connectivity index (χ1) is 8.12. The Hall–Kier alpha value is -1.21. The second-order valence-electron chi connectivity index (χ2n) is 3.83. The van der Waals surface area contributed by atoms with E-state index in [0.29, 0.717) is 12.1 Å². The van der Waals surface area contributed by atoms with Crippen LogP contribution >= 0.6 is 10.7 Å². The van der Waals surface area contributed by atoms with Crippen molar-refractivity contribution in [3.05, 3.63) is 29.3 Å². The maximum atomic E-state index is 13.4. The van der Waals surface area contributed by atoms with Crippen molar-refractivity contribution in [2.24, 2.45) is 0 Å². The molecule has 1 amide bonds. The highest BCUT2D eigenvalue weighted by Crippen LogP contribution is 2.21. The monoisotopic (exact) mass is 297 g/mol. The highest BCUT2D eigenvalue weighted by molar-refractivity contribution is 8.13. The second-order valence-corrected chi connectivity index (χ2v) is 6.40. The van der Waals surface area contributed by atoms with E-state index in [0.717, 1.165) is 0 Å². The molecule has 18 heavy (non-hydrogen) atoms. The first kappa shape index (κ1) is 14.8. The van der Waals surface area contributed by atoms with E-state index in [1.54, 1.807) is 13.8 Å². The van der Waals surface area contributed by atoms with Crippen molar-refractivity contribution in [1.82, 2.24) is 5.32 Å². The van der Waals surface area contributed by atoms with Gasteiger partial charge in [0.25, 0.3) is 15.0 Å². The molecular formula is C10H10ClF2NO3S. The third kappa shape index (κ3) is 3.39. The lowest BCUT2D eigenvalue weighted by molar-refractivity contribution is 0.0937. The zero-order chi connectivity index (χ0) is 14.1. The molecule has 4 nitrogen and oxygen atoms in total. The topological polar surface area (TPSA) is 63.2 Å². The molecule has 0 heterocycles. The Morgan fingerprint density at radius 1 is 1.33 bits per heavy atom. The van der Waals surface area contributed by atoms with Crippen LogP contribution in [0.3, 0.4) is 0 Å². The molecule has 0 spiro atoms. The summed E-state index contributed by atoms with van der Waals surface area (Å²) < 4.78 is 48.7. The molecule has 1 rings (SSSR count). The number of carbonyl (C=O) groups is 1. The van der Waals surface area contributed by atoms with E-state index in [1.165, 1.54) is 0 Å². The molecule has 0 saturated carbocycles. The average Bonchev–Trinajstić information content (AvgIpc) is 2.18. The number of benzene rings is 1. The van der Waals surface area contributed by atoms with Crippen LogP contribution < -0.4 is 5.32 Å². The summed E-state index contributed by atoms with van der Waals surface area (Å²) in [6.45, 7) is 3.24. The van der Waals surface area contributed by atoms with Gasteiger partial charge in [-0.3, -0.25) is 4.79 Å². The summed E-state index contributed by atoms with van der Waals surface area (Å²) in [4.78, 5) is 10.9. The molecule has 0 aliphatic heterocycles. The molecule has 0 saturated heterocycles. The van der Waals surface area contributed by atoms with Gasteiger partial charge in [0.2, 0.25) is 0 Å². The molecule has 0 aliphatic carbocycles. The largest absolute Gasteiger partial charge is 0.350 e. The third-order valence-corrected chi connectivity index (χ3v) is 3.28. The molecule has 0 aromatic heterocycles. The van der Waals surface area contributed by atoms with Crippen LogP contribution in [-0.4, -0.2) is 20.4 Å². The van der Waals surface area contributed by atoms with Crippen molar-refractivity contribution in [2.45, 2.75) is 24.8 Å². The number of carbonyl (C=O) groups excluding carboxylic acids is 1. The van der Waals surface area contributed by atoms with Crippen molar-refractivity contribution >= 4 is 25.6 Å². The van der Waals surface area contributed by atoms with Crippen molar-refractivity contribution in [1.29, 1.82) is 0 Å². The number of nitrogens with one attached hydrogen (secondary N) is 1. The Morgan fingerprint density at radius 2 is 1.89 bits per heavy atom. The van der Waals surface area contributed by atoms with Gasteiger partial charge in [-0.15, -0.1) is 0 Å². The molecule has 0 atom stereocenters. The predicted molar refractivity (Wildman–Crippen MR) is 62.0 cm³/mol. The SMILES string of the molecule is CC(C)NC(=O)c1cc(S(=O)(=O)Cl)cc(F)c1F. The quantitative estimate of drug-likeness (QED) is 0.868. The van der Waals surface area contributed by atoms with Crippen molar-refractivity contribution in [2.75, 3.05) is 0 Å². The van der Waals surface area contributed by atoms with Gasteiger partial charge in [-0.2, -0.15) is 0 Å². The van der Waals surface area contributed by atoms with Gasteiger partial charge in [0.15, 0.2) is 11.6 Å². The number of hydrogen-bond acceptors (Lipinski definition) is 3. The van der Waals surface area contributed by atoms with Gasteiger partial charge in [-0.05, 0) is 26.0 Å². The normalized spacial score (nSPS) is 11.7. The molecule has 100 valence electrons. The molecule has 1 aromatic carbocycles. The highest BCUT2D eigenvalue weighted by atomic mass is 35.7. The lowest BCUT2D eigenvalue weighted by atomic mass is 10.2. The lowest BCUT2D eigenvalue weighted by Crippen LogP contribution is -2.31. The summed E-state index contributed by atoms with van der Waals surface area (Å²) >= 11 is 0. The zero-order valence-corrected chi connectivity index (χ0v) is 11.1. The Bertz CT molecular complexity index is 587. The minimum absolute atomic E-state index is 0.309. The van der Waals surface area contributed by atoms with Crippen LogP contribution in [0.4, 0.5) is 8.78 Å². The number of amides is 1. The summed E-state index contributed by atoms with van der Waals surface area (Å²) in [5.41, 5.74) is -0.706. The van der Waals surface area contributed by atoms with E-state index in [4.69, 9.17) is 10.7 Å². The molecule has 0 aliphatic rings.